The minimum atomic E-state index is 0.218. The molecule has 184 valence electrons. The monoisotopic (exact) mass is 481 g/mol. The van der Waals surface area contributed by atoms with Crippen molar-refractivity contribution >= 4 is 40.8 Å². The van der Waals surface area contributed by atoms with E-state index in [1.165, 1.54) is 19.3 Å². The zero-order valence-corrected chi connectivity index (χ0v) is 20.5. The molecule has 36 heavy (non-hydrogen) atoms. The Labute approximate surface area is 209 Å². The molecular formula is C27H31N9. The van der Waals surface area contributed by atoms with Gasteiger partial charge in [-0.15, -0.1) is 0 Å². The number of pyridine rings is 1. The number of allylic oxidation sites excluding steroid dienone is 2. The third-order valence-corrected chi connectivity index (χ3v) is 7.10. The predicted octanol–water partition coefficient (Wildman–Crippen LogP) is 2.17. The van der Waals surface area contributed by atoms with Crippen LogP contribution in [-0.4, -0.2) is 62.4 Å². The quantitative estimate of drug-likeness (QED) is 0.400. The van der Waals surface area contributed by atoms with E-state index in [9.17, 15) is 0 Å². The molecule has 0 unspecified atom stereocenters. The lowest BCUT2D eigenvalue weighted by atomic mass is 10.1. The topological polar surface area (TPSA) is 116 Å². The molecule has 0 atom stereocenters. The summed E-state index contributed by atoms with van der Waals surface area (Å²) in [5.41, 5.74) is 10.6. The standard InChI is InChI=1S/C27H31N9/c1-17(24-13-29-14-25(32-24)36-15-19(28)16-36)6-7-21-18(2)26(34-33-21)23-12-20-22(31-23)8-9-30-27(20)35-10-4-3-5-11-35/h6-9,12-14,19,31,33H,2-5,10-11,15-16,28H2,1H3/b17-6+,21-7+. The van der Waals surface area contributed by atoms with Gasteiger partial charge < -0.3 is 20.5 Å². The Morgan fingerprint density at radius 2 is 2.00 bits per heavy atom. The third kappa shape index (κ3) is 4.15. The van der Waals surface area contributed by atoms with Crippen molar-refractivity contribution in [3.63, 3.8) is 0 Å². The maximum Gasteiger partial charge on any atom is 0.147 e. The molecule has 0 amide bonds. The lowest BCUT2D eigenvalue weighted by Gasteiger charge is -2.37. The Bertz CT molecular complexity index is 1530. The number of hydrogen-bond donors (Lipinski definition) is 3. The van der Waals surface area contributed by atoms with Gasteiger partial charge >= 0.3 is 0 Å². The first-order valence-electron chi connectivity index (χ1n) is 12.5. The highest BCUT2D eigenvalue weighted by molar-refractivity contribution is 5.94. The smallest absolute Gasteiger partial charge is 0.147 e. The van der Waals surface area contributed by atoms with Gasteiger partial charge in [0.25, 0.3) is 0 Å². The second-order valence-electron chi connectivity index (χ2n) is 9.73. The van der Waals surface area contributed by atoms with Gasteiger partial charge in [-0.25, -0.2) is 9.97 Å². The first kappa shape index (κ1) is 22.5. The van der Waals surface area contributed by atoms with E-state index in [4.69, 9.17) is 15.7 Å². The SMILES string of the molecule is C=c1c(-c2cc3c(N4CCCCC4)nccc3[nH]2)n[nH]/c1=C/C=C(\C)c1cncc(N2CC(N)C2)n1. The minimum absolute atomic E-state index is 0.218. The molecule has 9 heteroatoms. The fourth-order valence-electron chi connectivity index (χ4n) is 4.96. The van der Waals surface area contributed by atoms with Gasteiger partial charge in [0.05, 0.1) is 34.6 Å². The highest BCUT2D eigenvalue weighted by Crippen LogP contribution is 2.29. The Hall–Kier alpha value is -3.98. The molecule has 4 aromatic heterocycles. The predicted molar refractivity (Wildman–Crippen MR) is 145 cm³/mol. The second kappa shape index (κ2) is 9.23. The molecule has 0 aliphatic carbocycles. The number of fused-ring (bicyclic) bond motifs is 1. The van der Waals surface area contributed by atoms with Crippen LogP contribution in [0.25, 0.3) is 40.5 Å². The Balaban J connectivity index is 1.28. The van der Waals surface area contributed by atoms with E-state index in [-0.39, 0.29) is 6.04 Å². The van der Waals surface area contributed by atoms with Crippen molar-refractivity contribution in [3.8, 4) is 11.4 Å². The van der Waals surface area contributed by atoms with Crippen molar-refractivity contribution in [2.24, 2.45) is 5.73 Å². The maximum atomic E-state index is 5.91. The van der Waals surface area contributed by atoms with Gasteiger partial charge in [-0.2, -0.15) is 5.10 Å². The molecule has 9 nitrogen and oxygen atoms in total. The van der Waals surface area contributed by atoms with Crippen LogP contribution < -0.4 is 26.1 Å². The zero-order chi connectivity index (χ0) is 24.6. The van der Waals surface area contributed by atoms with Gasteiger partial charge in [-0.05, 0) is 50.0 Å². The number of piperidine rings is 1. The molecular weight excluding hydrogens is 450 g/mol. The fourth-order valence-corrected chi connectivity index (χ4v) is 4.96. The molecule has 0 saturated carbocycles. The summed E-state index contributed by atoms with van der Waals surface area (Å²) in [6, 6.07) is 4.38. The number of H-pyrrole nitrogens is 2. The van der Waals surface area contributed by atoms with E-state index < -0.39 is 0 Å². The van der Waals surface area contributed by atoms with Crippen molar-refractivity contribution in [1.29, 1.82) is 0 Å². The first-order chi connectivity index (χ1) is 17.6. The molecule has 0 radical (unpaired) electrons. The van der Waals surface area contributed by atoms with Gasteiger partial charge in [0.2, 0.25) is 0 Å². The highest BCUT2D eigenvalue weighted by Gasteiger charge is 2.24. The molecule has 6 rings (SSSR count). The normalized spacial score (nSPS) is 17.7. The van der Waals surface area contributed by atoms with Crippen molar-refractivity contribution in [2.75, 3.05) is 36.0 Å². The van der Waals surface area contributed by atoms with Crippen LogP contribution in [0.3, 0.4) is 0 Å². The summed E-state index contributed by atoms with van der Waals surface area (Å²) in [5.74, 6) is 1.91. The summed E-state index contributed by atoms with van der Waals surface area (Å²) in [4.78, 5) is 21.9. The molecule has 2 saturated heterocycles. The Kier molecular flexibility index (Phi) is 5.77. The lowest BCUT2D eigenvalue weighted by Crippen LogP contribution is -2.56. The highest BCUT2D eigenvalue weighted by atomic mass is 15.3. The van der Waals surface area contributed by atoms with E-state index >= 15 is 0 Å². The summed E-state index contributed by atoms with van der Waals surface area (Å²) in [6.07, 6.45) is 13.2. The van der Waals surface area contributed by atoms with Crippen LogP contribution >= 0.6 is 0 Å². The minimum Gasteiger partial charge on any atom is -0.356 e. The largest absolute Gasteiger partial charge is 0.356 e. The molecule has 6 heterocycles. The van der Waals surface area contributed by atoms with Crippen LogP contribution in [0, 0.1) is 0 Å². The number of rotatable bonds is 5. The number of hydrogen-bond acceptors (Lipinski definition) is 7. The van der Waals surface area contributed by atoms with Gasteiger partial charge in [-0.3, -0.25) is 10.1 Å². The molecule has 0 spiro atoms. The molecule has 4 N–H and O–H groups in total. The molecule has 0 aromatic carbocycles. The van der Waals surface area contributed by atoms with Crippen molar-refractivity contribution in [3.05, 3.63) is 53.1 Å². The number of aromatic nitrogens is 6. The number of nitrogens with zero attached hydrogens (tertiary/aromatic N) is 6. The average Bonchev–Trinajstić information content (AvgIpc) is 3.49. The average molecular weight is 482 g/mol. The van der Waals surface area contributed by atoms with Gasteiger partial charge in [0.1, 0.15) is 17.3 Å². The first-order valence-corrected chi connectivity index (χ1v) is 12.5. The number of nitrogens with two attached hydrogens (primary N) is 1. The van der Waals surface area contributed by atoms with Gasteiger partial charge in [0.15, 0.2) is 0 Å². The van der Waals surface area contributed by atoms with Crippen LogP contribution in [0.5, 0.6) is 0 Å². The lowest BCUT2D eigenvalue weighted by molar-refractivity contribution is 0.513. The van der Waals surface area contributed by atoms with Crippen molar-refractivity contribution < 1.29 is 0 Å². The molecule has 0 bridgehead atoms. The van der Waals surface area contributed by atoms with Crippen LogP contribution in [0.15, 0.2) is 36.8 Å². The number of anilines is 2. The second-order valence-corrected chi connectivity index (χ2v) is 9.73. The third-order valence-electron chi connectivity index (χ3n) is 7.10. The zero-order valence-electron chi connectivity index (χ0n) is 20.5. The van der Waals surface area contributed by atoms with E-state index in [0.29, 0.717) is 0 Å². The summed E-state index contributed by atoms with van der Waals surface area (Å²) in [6.45, 7) is 10.1. The van der Waals surface area contributed by atoms with Crippen LogP contribution in [0.1, 0.15) is 31.9 Å². The fraction of sp³-hybridized carbons (Fsp3) is 0.333. The summed E-state index contributed by atoms with van der Waals surface area (Å²) in [7, 11) is 0. The Morgan fingerprint density at radius 1 is 1.17 bits per heavy atom. The van der Waals surface area contributed by atoms with Crippen molar-refractivity contribution in [1.82, 2.24) is 30.1 Å². The summed E-state index contributed by atoms with van der Waals surface area (Å²) in [5, 5.41) is 10.5. The number of aromatic amines is 2. The maximum absolute atomic E-state index is 5.91. The van der Waals surface area contributed by atoms with Gasteiger partial charge in [-0.1, -0.05) is 12.7 Å². The van der Waals surface area contributed by atoms with E-state index in [1.807, 2.05) is 31.3 Å². The van der Waals surface area contributed by atoms with Crippen LogP contribution in [-0.2, 0) is 0 Å². The van der Waals surface area contributed by atoms with E-state index in [1.54, 1.807) is 12.4 Å². The molecule has 2 aliphatic heterocycles. The van der Waals surface area contributed by atoms with Gasteiger partial charge in [0, 0.05) is 49.0 Å². The van der Waals surface area contributed by atoms with Crippen LogP contribution in [0.2, 0.25) is 0 Å². The molecule has 4 aromatic rings. The van der Waals surface area contributed by atoms with E-state index in [2.05, 4.69) is 42.6 Å². The van der Waals surface area contributed by atoms with Crippen molar-refractivity contribution in [2.45, 2.75) is 32.2 Å². The molecule has 2 aliphatic rings. The number of nitrogens with one attached hydrogen (secondary N) is 2. The summed E-state index contributed by atoms with van der Waals surface area (Å²) >= 11 is 0. The van der Waals surface area contributed by atoms with E-state index in [0.717, 1.165) is 81.9 Å². The molecule has 2 fully saturated rings. The Morgan fingerprint density at radius 3 is 2.81 bits per heavy atom. The summed E-state index contributed by atoms with van der Waals surface area (Å²) < 4.78 is 0. The van der Waals surface area contributed by atoms with Crippen LogP contribution in [0.4, 0.5) is 11.6 Å².